The lowest BCUT2D eigenvalue weighted by atomic mass is 9.94. The lowest BCUT2D eigenvalue weighted by molar-refractivity contribution is -0.141. The molecule has 1 atom stereocenters. The number of hydrogen-bond donors (Lipinski definition) is 0. The van der Waals surface area contributed by atoms with Crippen molar-refractivity contribution in [1.82, 2.24) is 9.78 Å². The minimum absolute atomic E-state index is 0.132. The van der Waals surface area contributed by atoms with E-state index in [-0.39, 0.29) is 28.5 Å². The number of benzene rings is 3. The average molecular weight is 562 g/mol. The summed E-state index contributed by atoms with van der Waals surface area (Å²) in [5, 5.41) is 4.28. The molecule has 40 heavy (non-hydrogen) atoms. The summed E-state index contributed by atoms with van der Waals surface area (Å²) in [4.78, 5) is 13.9. The molecule has 1 fully saturated rings. The summed E-state index contributed by atoms with van der Waals surface area (Å²) in [5.41, 5.74) is -0.286. The quantitative estimate of drug-likeness (QED) is 0.189. The molecule has 1 saturated heterocycles. The second kappa shape index (κ2) is 10.9. The van der Waals surface area contributed by atoms with Crippen LogP contribution >= 0.6 is 0 Å². The topological polar surface area (TPSA) is 47.4 Å². The van der Waals surface area contributed by atoms with Crippen molar-refractivity contribution in [2.75, 3.05) is 25.1 Å². The molecule has 0 radical (unpaired) electrons. The molecule has 3 aromatic carbocycles. The molecule has 0 spiro atoms. The Bertz CT molecular complexity index is 1530. The molecule has 1 aliphatic heterocycles. The van der Waals surface area contributed by atoms with Crippen molar-refractivity contribution in [2.24, 2.45) is 5.92 Å². The molecule has 0 bridgehead atoms. The second-order valence-electron chi connectivity index (χ2n) is 9.84. The number of ether oxygens (including phenoxy) is 1. The first-order chi connectivity index (χ1) is 19.0. The Morgan fingerprint density at radius 1 is 1.05 bits per heavy atom. The fourth-order valence-corrected chi connectivity index (χ4v) is 5.29. The Morgan fingerprint density at radius 3 is 2.40 bits per heavy atom. The molecule has 0 N–H and O–H groups in total. The van der Waals surface area contributed by atoms with Gasteiger partial charge in [-0.1, -0.05) is 24.3 Å². The van der Waals surface area contributed by atoms with Gasteiger partial charge < -0.3 is 9.64 Å². The van der Waals surface area contributed by atoms with E-state index in [1.165, 1.54) is 19.2 Å². The smallest absolute Gasteiger partial charge is 0.418 e. The van der Waals surface area contributed by atoms with E-state index in [1.807, 2.05) is 12.1 Å². The van der Waals surface area contributed by atoms with E-state index < -0.39 is 41.3 Å². The molecule has 0 aliphatic carbocycles. The normalized spacial score (nSPS) is 16.0. The number of piperidine rings is 1. The largest absolute Gasteiger partial charge is 0.469 e. The monoisotopic (exact) mass is 561 g/mol. The zero-order valence-corrected chi connectivity index (χ0v) is 21.4. The third-order valence-corrected chi connectivity index (χ3v) is 7.20. The SMILES string of the molecule is COC(=O)C[C@H]1CCCN(c2ccc(-c3c4cccc(C(F)(F)F)c4nn3Cc3c(F)cc(F)cc3F)cc2)C1. The molecule has 1 aromatic heterocycles. The number of esters is 1. The Hall–Kier alpha value is -4.02. The van der Waals surface area contributed by atoms with Gasteiger partial charge in [0.1, 0.15) is 23.0 Å². The number of anilines is 1. The fourth-order valence-electron chi connectivity index (χ4n) is 5.29. The van der Waals surface area contributed by atoms with Crippen LogP contribution in [0.15, 0.2) is 54.6 Å². The fraction of sp³-hybridized carbons (Fsp3) is 0.310. The maximum absolute atomic E-state index is 14.5. The van der Waals surface area contributed by atoms with Crippen LogP contribution in [0, 0.1) is 23.4 Å². The predicted octanol–water partition coefficient (Wildman–Crippen LogP) is 6.97. The maximum atomic E-state index is 14.5. The number of methoxy groups -OCH3 is 1. The van der Waals surface area contributed by atoms with Crippen LogP contribution in [0.2, 0.25) is 0 Å². The van der Waals surface area contributed by atoms with E-state index in [4.69, 9.17) is 4.74 Å². The summed E-state index contributed by atoms with van der Waals surface area (Å²) in [7, 11) is 1.35. The lowest BCUT2D eigenvalue weighted by Crippen LogP contribution is -2.36. The minimum Gasteiger partial charge on any atom is -0.469 e. The van der Waals surface area contributed by atoms with Gasteiger partial charge >= 0.3 is 12.1 Å². The molecule has 1 aliphatic rings. The van der Waals surface area contributed by atoms with E-state index in [1.54, 1.807) is 12.1 Å². The number of hydrogen-bond acceptors (Lipinski definition) is 4. The number of fused-ring (bicyclic) bond motifs is 1. The van der Waals surface area contributed by atoms with Crippen LogP contribution in [0.3, 0.4) is 0 Å². The highest BCUT2D eigenvalue weighted by Gasteiger charge is 2.35. The van der Waals surface area contributed by atoms with Crippen molar-refractivity contribution >= 4 is 22.6 Å². The molecule has 11 heteroatoms. The van der Waals surface area contributed by atoms with Gasteiger partial charge in [-0.25, -0.2) is 13.2 Å². The number of aromatic nitrogens is 2. The van der Waals surface area contributed by atoms with Gasteiger partial charge in [-0.2, -0.15) is 18.3 Å². The highest BCUT2D eigenvalue weighted by molar-refractivity contribution is 5.95. The van der Waals surface area contributed by atoms with Gasteiger partial charge in [0.15, 0.2) is 0 Å². The molecule has 2 heterocycles. The number of carbonyl (C=O) groups is 1. The molecule has 5 rings (SSSR count). The van der Waals surface area contributed by atoms with Crippen LogP contribution in [0.5, 0.6) is 0 Å². The van der Waals surface area contributed by atoms with Gasteiger partial charge in [-0.05, 0) is 37.0 Å². The van der Waals surface area contributed by atoms with Gasteiger partial charge in [0.05, 0.1) is 24.9 Å². The second-order valence-corrected chi connectivity index (χ2v) is 9.84. The average Bonchev–Trinajstić information content (AvgIpc) is 3.28. The van der Waals surface area contributed by atoms with E-state index in [9.17, 15) is 31.1 Å². The number of alkyl halides is 3. The summed E-state index contributed by atoms with van der Waals surface area (Å²) in [6.45, 7) is 0.867. The van der Waals surface area contributed by atoms with Crippen LogP contribution in [-0.4, -0.2) is 35.9 Å². The first-order valence-electron chi connectivity index (χ1n) is 12.7. The third-order valence-electron chi connectivity index (χ3n) is 7.20. The van der Waals surface area contributed by atoms with Crippen LogP contribution in [0.1, 0.15) is 30.4 Å². The minimum atomic E-state index is -4.71. The Balaban J connectivity index is 1.55. The lowest BCUT2D eigenvalue weighted by Gasteiger charge is -2.34. The maximum Gasteiger partial charge on any atom is 0.418 e. The molecule has 210 valence electrons. The summed E-state index contributed by atoms with van der Waals surface area (Å²) < 4.78 is 89.8. The van der Waals surface area contributed by atoms with Crippen LogP contribution in [0.25, 0.3) is 22.2 Å². The first-order valence-corrected chi connectivity index (χ1v) is 12.7. The molecular weight excluding hydrogens is 536 g/mol. The van der Waals surface area contributed by atoms with Crippen LogP contribution in [-0.2, 0) is 22.3 Å². The molecule has 4 aromatic rings. The Kier molecular flexibility index (Phi) is 7.48. The van der Waals surface area contributed by atoms with Gasteiger partial charge in [0.25, 0.3) is 0 Å². The molecule has 0 unspecified atom stereocenters. The molecule has 5 nitrogen and oxygen atoms in total. The number of rotatable bonds is 6. The highest BCUT2D eigenvalue weighted by Crippen LogP contribution is 2.39. The molecular formula is C29H25F6N3O2. The van der Waals surface area contributed by atoms with Crippen LogP contribution < -0.4 is 4.90 Å². The molecule has 0 amide bonds. The van der Waals surface area contributed by atoms with Crippen molar-refractivity contribution in [1.29, 1.82) is 0 Å². The predicted molar refractivity (Wildman–Crippen MR) is 137 cm³/mol. The van der Waals surface area contributed by atoms with Gasteiger partial charge in [-0.15, -0.1) is 0 Å². The standard InChI is InChI=1S/C29H25F6N3O2/c1-40-26(39)12-17-4-3-11-37(15-17)20-9-7-18(8-10-20)28-21-5-2-6-23(29(33,34)35)27(21)36-38(28)16-22-24(31)13-19(30)14-25(22)32/h2,5-10,13-14,17H,3-4,11-12,15-16H2,1H3/t17-/m1/s1. The Labute approximate surface area is 226 Å². The van der Waals surface area contributed by atoms with Crippen molar-refractivity contribution < 1.29 is 35.9 Å². The van der Waals surface area contributed by atoms with Crippen molar-refractivity contribution in [3.8, 4) is 11.3 Å². The number of carbonyl (C=O) groups excluding carboxylic acids is 1. The zero-order valence-electron chi connectivity index (χ0n) is 21.4. The van der Waals surface area contributed by atoms with Gasteiger partial charge in [0, 0.05) is 53.8 Å². The summed E-state index contributed by atoms with van der Waals surface area (Å²) in [5.74, 6) is -3.57. The number of nitrogens with zero attached hydrogens (tertiary/aromatic N) is 3. The summed E-state index contributed by atoms with van der Waals surface area (Å²) in [6.07, 6.45) is -2.61. The van der Waals surface area contributed by atoms with Crippen LogP contribution in [0.4, 0.5) is 32.0 Å². The third kappa shape index (κ3) is 5.50. The van der Waals surface area contributed by atoms with Crippen molar-refractivity contribution in [3.05, 3.63) is 83.2 Å². The van der Waals surface area contributed by atoms with Gasteiger partial charge in [0.2, 0.25) is 0 Å². The van der Waals surface area contributed by atoms with Crippen molar-refractivity contribution in [2.45, 2.75) is 32.0 Å². The summed E-state index contributed by atoms with van der Waals surface area (Å²) in [6, 6.07) is 11.7. The van der Waals surface area contributed by atoms with E-state index >= 15 is 0 Å². The van der Waals surface area contributed by atoms with E-state index in [0.29, 0.717) is 30.7 Å². The number of halogens is 6. The Morgan fingerprint density at radius 2 is 1.75 bits per heavy atom. The first kappa shape index (κ1) is 27.5. The van der Waals surface area contributed by atoms with Gasteiger partial charge in [-0.3, -0.25) is 9.48 Å². The summed E-state index contributed by atoms with van der Waals surface area (Å²) >= 11 is 0. The van der Waals surface area contributed by atoms with Crippen molar-refractivity contribution in [3.63, 3.8) is 0 Å². The molecule has 0 saturated carbocycles. The van der Waals surface area contributed by atoms with E-state index in [2.05, 4.69) is 10.00 Å². The highest BCUT2D eigenvalue weighted by atomic mass is 19.4. The van der Waals surface area contributed by atoms with E-state index in [0.717, 1.165) is 35.8 Å². The zero-order chi connectivity index (χ0) is 28.6.